The van der Waals surface area contributed by atoms with Crippen LogP contribution in [0.3, 0.4) is 0 Å². The first kappa shape index (κ1) is 16.1. The van der Waals surface area contributed by atoms with E-state index in [2.05, 4.69) is 10.0 Å². The summed E-state index contributed by atoms with van der Waals surface area (Å²) in [6, 6.07) is 3.86. The molecule has 0 saturated carbocycles. The number of aryl methyl sites for hydroxylation is 1. The maximum Gasteiger partial charge on any atom is 0.336 e. The number of amides is 1. The van der Waals surface area contributed by atoms with Gasteiger partial charge in [-0.3, -0.25) is 4.79 Å². The van der Waals surface area contributed by atoms with Crippen LogP contribution in [0, 0.1) is 0 Å². The Morgan fingerprint density at radius 1 is 1.30 bits per heavy atom. The molecule has 0 spiro atoms. The number of carbonyl (C=O) groups excluding carboxylic acids is 1. The second kappa shape index (κ2) is 6.49. The van der Waals surface area contributed by atoms with E-state index in [9.17, 15) is 18.0 Å². The van der Waals surface area contributed by atoms with E-state index >= 15 is 0 Å². The lowest BCUT2D eigenvalue weighted by Crippen LogP contribution is -2.35. The second-order valence-electron chi connectivity index (χ2n) is 3.98. The van der Waals surface area contributed by atoms with Crippen molar-refractivity contribution < 1.29 is 23.1 Å². The first-order valence-electron chi connectivity index (χ1n) is 5.88. The predicted molar refractivity (Wildman–Crippen MR) is 72.0 cm³/mol. The van der Waals surface area contributed by atoms with Gasteiger partial charge in [-0.15, -0.1) is 0 Å². The SMILES string of the molecule is CCc1ccc(S(=O)(=O)NCC(=O)NC)cc1C(=O)O. The van der Waals surface area contributed by atoms with Crippen molar-refractivity contribution in [2.45, 2.75) is 18.2 Å². The standard InChI is InChI=1S/C12H16N2O5S/c1-3-8-4-5-9(6-10(8)12(16)17)20(18,19)14-7-11(15)13-2/h4-6,14H,3,7H2,1-2H3,(H,13,15)(H,16,17). The Morgan fingerprint density at radius 3 is 2.45 bits per heavy atom. The summed E-state index contributed by atoms with van der Waals surface area (Å²) in [4.78, 5) is 21.9. The Bertz CT molecular complexity index is 625. The van der Waals surface area contributed by atoms with E-state index in [0.29, 0.717) is 12.0 Å². The molecule has 8 heteroatoms. The highest BCUT2D eigenvalue weighted by atomic mass is 32.2. The molecule has 0 aromatic heterocycles. The zero-order valence-electron chi connectivity index (χ0n) is 11.1. The Kier molecular flexibility index (Phi) is 5.23. The summed E-state index contributed by atoms with van der Waals surface area (Å²) in [6.45, 7) is 1.37. The number of rotatable bonds is 6. The van der Waals surface area contributed by atoms with Crippen LogP contribution < -0.4 is 10.0 Å². The lowest BCUT2D eigenvalue weighted by molar-refractivity contribution is -0.119. The van der Waals surface area contributed by atoms with Crippen LogP contribution in [0.4, 0.5) is 0 Å². The van der Waals surface area contributed by atoms with E-state index in [0.717, 1.165) is 6.07 Å². The highest BCUT2D eigenvalue weighted by Gasteiger charge is 2.18. The van der Waals surface area contributed by atoms with Crippen molar-refractivity contribution in [2.75, 3.05) is 13.6 Å². The summed E-state index contributed by atoms with van der Waals surface area (Å²) in [5.41, 5.74) is 0.484. The van der Waals surface area contributed by atoms with E-state index in [1.165, 1.54) is 19.2 Å². The van der Waals surface area contributed by atoms with Crippen molar-refractivity contribution in [3.05, 3.63) is 29.3 Å². The Balaban J connectivity index is 3.10. The van der Waals surface area contributed by atoms with E-state index < -0.39 is 28.4 Å². The lowest BCUT2D eigenvalue weighted by atomic mass is 10.1. The third kappa shape index (κ3) is 3.78. The monoisotopic (exact) mass is 300 g/mol. The lowest BCUT2D eigenvalue weighted by Gasteiger charge is -2.09. The molecule has 0 unspecified atom stereocenters. The number of hydrogen-bond acceptors (Lipinski definition) is 4. The van der Waals surface area contributed by atoms with Gasteiger partial charge in [0.05, 0.1) is 17.0 Å². The fraction of sp³-hybridized carbons (Fsp3) is 0.333. The van der Waals surface area contributed by atoms with Crippen LogP contribution in [-0.4, -0.2) is 39.0 Å². The van der Waals surface area contributed by atoms with Crippen molar-refractivity contribution in [3.8, 4) is 0 Å². The molecule has 7 nitrogen and oxygen atoms in total. The summed E-state index contributed by atoms with van der Waals surface area (Å²) < 4.78 is 26.0. The summed E-state index contributed by atoms with van der Waals surface area (Å²) in [5.74, 6) is -1.68. The van der Waals surface area contributed by atoms with E-state index in [-0.39, 0.29) is 10.5 Å². The fourth-order valence-corrected chi connectivity index (χ4v) is 2.57. The summed E-state index contributed by atoms with van der Waals surface area (Å²) in [6.07, 6.45) is 0.480. The second-order valence-corrected chi connectivity index (χ2v) is 5.74. The third-order valence-electron chi connectivity index (χ3n) is 2.70. The van der Waals surface area contributed by atoms with Gasteiger partial charge in [-0.1, -0.05) is 13.0 Å². The first-order valence-corrected chi connectivity index (χ1v) is 7.36. The summed E-state index contributed by atoms with van der Waals surface area (Å²) in [7, 11) is -2.54. The van der Waals surface area contributed by atoms with Gasteiger partial charge in [0.25, 0.3) is 0 Å². The molecular formula is C12H16N2O5S. The summed E-state index contributed by atoms with van der Waals surface area (Å²) in [5, 5.41) is 11.3. The Morgan fingerprint density at radius 2 is 1.95 bits per heavy atom. The van der Waals surface area contributed by atoms with Crippen LogP contribution in [0.2, 0.25) is 0 Å². The number of nitrogens with one attached hydrogen (secondary N) is 2. The van der Waals surface area contributed by atoms with Gasteiger partial charge in [-0.05, 0) is 24.1 Å². The molecule has 0 aliphatic carbocycles. The molecule has 1 amide bonds. The van der Waals surface area contributed by atoms with E-state index in [4.69, 9.17) is 5.11 Å². The number of hydrogen-bond donors (Lipinski definition) is 3. The average Bonchev–Trinajstić information content (AvgIpc) is 2.43. The molecule has 0 radical (unpaired) electrons. The highest BCUT2D eigenvalue weighted by Crippen LogP contribution is 2.16. The van der Waals surface area contributed by atoms with Crippen molar-refractivity contribution in [1.29, 1.82) is 0 Å². The minimum Gasteiger partial charge on any atom is -0.478 e. The molecule has 110 valence electrons. The first-order chi connectivity index (χ1) is 9.31. The minimum atomic E-state index is -3.92. The van der Waals surface area contributed by atoms with Crippen molar-refractivity contribution in [2.24, 2.45) is 0 Å². The van der Waals surface area contributed by atoms with Crippen molar-refractivity contribution in [1.82, 2.24) is 10.0 Å². The highest BCUT2D eigenvalue weighted by molar-refractivity contribution is 7.89. The van der Waals surface area contributed by atoms with Crippen LogP contribution in [0.25, 0.3) is 0 Å². The number of carboxylic acid groups (broad SMARTS) is 1. The zero-order valence-corrected chi connectivity index (χ0v) is 12.0. The minimum absolute atomic E-state index is 0.0599. The van der Waals surface area contributed by atoms with E-state index in [1.54, 1.807) is 6.92 Å². The van der Waals surface area contributed by atoms with Gasteiger partial charge in [0.2, 0.25) is 15.9 Å². The molecule has 0 fully saturated rings. The molecule has 1 aromatic carbocycles. The van der Waals surface area contributed by atoms with Gasteiger partial charge in [0.1, 0.15) is 0 Å². The van der Waals surface area contributed by atoms with Gasteiger partial charge >= 0.3 is 5.97 Å². The van der Waals surface area contributed by atoms with Gasteiger partial charge in [0, 0.05) is 7.05 Å². The van der Waals surface area contributed by atoms with Crippen LogP contribution in [0.15, 0.2) is 23.1 Å². The number of carbonyl (C=O) groups is 2. The van der Waals surface area contributed by atoms with Gasteiger partial charge in [-0.25, -0.2) is 17.9 Å². The smallest absolute Gasteiger partial charge is 0.336 e. The zero-order chi connectivity index (χ0) is 15.3. The molecule has 0 bridgehead atoms. The largest absolute Gasteiger partial charge is 0.478 e. The maximum atomic E-state index is 11.9. The quantitative estimate of drug-likeness (QED) is 0.683. The Labute approximate surface area is 117 Å². The Hall–Kier alpha value is -1.93. The molecule has 0 saturated heterocycles. The summed E-state index contributed by atoms with van der Waals surface area (Å²) >= 11 is 0. The molecule has 1 rings (SSSR count). The number of likely N-dealkylation sites (N-methyl/N-ethyl adjacent to an activating group) is 1. The molecule has 0 aliphatic rings. The molecule has 0 atom stereocenters. The number of aromatic carboxylic acids is 1. The fourth-order valence-electron chi connectivity index (χ4n) is 1.56. The molecular weight excluding hydrogens is 284 g/mol. The van der Waals surface area contributed by atoms with Crippen molar-refractivity contribution in [3.63, 3.8) is 0 Å². The molecule has 3 N–H and O–H groups in total. The molecule has 20 heavy (non-hydrogen) atoms. The predicted octanol–water partition coefficient (Wildman–Crippen LogP) is -0.0285. The normalized spacial score (nSPS) is 11.1. The molecule has 1 aromatic rings. The molecule has 0 heterocycles. The van der Waals surface area contributed by atoms with Crippen LogP contribution >= 0.6 is 0 Å². The van der Waals surface area contributed by atoms with Crippen LogP contribution in [0.5, 0.6) is 0 Å². The van der Waals surface area contributed by atoms with E-state index in [1.807, 2.05) is 0 Å². The average molecular weight is 300 g/mol. The number of carboxylic acids is 1. The maximum absolute atomic E-state index is 11.9. The topological polar surface area (TPSA) is 113 Å². The van der Waals surface area contributed by atoms with Gasteiger partial charge in [0.15, 0.2) is 0 Å². The third-order valence-corrected chi connectivity index (χ3v) is 4.10. The van der Waals surface area contributed by atoms with Gasteiger partial charge in [-0.2, -0.15) is 0 Å². The van der Waals surface area contributed by atoms with Crippen LogP contribution in [-0.2, 0) is 21.2 Å². The van der Waals surface area contributed by atoms with Gasteiger partial charge < -0.3 is 10.4 Å². The molecule has 0 aliphatic heterocycles. The van der Waals surface area contributed by atoms with Crippen molar-refractivity contribution >= 4 is 21.9 Å². The number of benzene rings is 1. The van der Waals surface area contributed by atoms with Crippen LogP contribution in [0.1, 0.15) is 22.8 Å². The number of sulfonamides is 1.